The maximum absolute atomic E-state index is 6.07. The van der Waals surface area contributed by atoms with Gasteiger partial charge in [0.1, 0.15) is 0 Å². The van der Waals surface area contributed by atoms with E-state index < -0.39 is 0 Å². The topological polar surface area (TPSA) is 32.5 Å². The molecule has 20 heavy (non-hydrogen) atoms. The van der Waals surface area contributed by atoms with Gasteiger partial charge in [0.25, 0.3) is 0 Å². The fourth-order valence-electron chi connectivity index (χ4n) is 2.25. The Kier molecular flexibility index (Phi) is 8.07. The molecule has 0 saturated heterocycles. The standard InChI is InChI=1S/C15H25BrClN3/c1-4-7-20(9-8-19(2)3)15(11-18)12-5-6-14(17)13(16)10-12/h5-6,10,15H,4,7-9,11,18H2,1-3H3. The highest BCUT2D eigenvalue weighted by Crippen LogP contribution is 2.28. The predicted molar refractivity (Wildman–Crippen MR) is 91.4 cm³/mol. The highest BCUT2D eigenvalue weighted by molar-refractivity contribution is 9.10. The molecule has 0 amide bonds. The largest absolute Gasteiger partial charge is 0.329 e. The Morgan fingerprint density at radius 1 is 1.25 bits per heavy atom. The van der Waals surface area contributed by atoms with E-state index in [0.717, 1.165) is 35.6 Å². The SMILES string of the molecule is CCCN(CCN(C)C)C(CN)c1ccc(Cl)c(Br)c1. The summed E-state index contributed by atoms with van der Waals surface area (Å²) >= 11 is 9.57. The van der Waals surface area contributed by atoms with Crippen LogP contribution < -0.4 is 5.73 Å². The molecule has 0 saturated carbocycles. The van der Waals surface area contributed by atoms with Crippen LogP contribution in [0.2, 0.25) is 5.02 Å². The van der Waals surface area contributed by atoms with Gasteiger partial charge in [-0.3, -0.25) is 4.90 Å². The van der Waals surface area contributed by atoms with Gasteiger partial charge in [0.05, 0.1) is 5.02 Å². The first kappa shape index (κ1) is 17.9. The molecule has 5 heteroatoms. The number of halogens is 2. The second-order valence-electron chi connectivity index (χ2n) is 5.26. The molecule has 1 aromatic rings. The maximum Gasteiger partial charge on any atom is 0.0548 e. The highest BCUT2D eigenvalue weighted by Gasteiger charge is 2.19. The Bertz CT molecular complexity index is 412. The van der Waals surface area contributed by atoms with E-state index in [1.807, 2.05) is 6.07 Å². The van der Waals surface area contributed by atoms with Gasteiger partial charge in [0, 0.05) is 30.1 Å². The minimum Gasteiger partial charge on any atom is -0.329 e. The van der Waals surface area contributed by atoms with Gasteiger partial charge in [-0.15, -0.1) is 0 Å². The average molecular weight is 363 g/mol. The molecule has 2 N–H and O–H groups in total. The van der Waals surface area contributed by atoms with Gasteiger partial charge < -0.3 is 10.6 Å². The lowest BCUT2D eigenvalue weighted by molar-refractivity contribution is 0.182. The van der Waals surface area contributed by atoms with Crippen molar-refractivity contribution in [2.45, 2.75) is 19.4 Å². The molecule has 0 spiro atoms. The summed E-state index contributed by atoms with van der Waals surface area (Å²) in [5.41, 5.74) is 7.25. The van der Waals surface area contributed by atoms with Crippen LogP contribution in [0.4, 0.5) is 0 Å². The van der Waals surface area contributed by atoms with Crippen LogP contribution in [0, 0.1) is 0 Å². The van der Waals surface area contributed by atoms with Crippen molar-refractivity contribution in [1.29, 1.82) is 0 Å². The quantitative estimate of drug-likeness (QED) is 0.769. The van der Waals surface area contributed by atoms with E-state index in [2.05, 4.69) is 58.9 Å². The second-order valence-corrected chi connectivity index (χ2v) is 6.53. The number of rotatable bonds is 8. The third kappa shape index (κ3) is 5.34. The van der Waals surface area contributed by atoms with Crippen LogP contribution in [0.5, 0.6) is 0 Å². The molecule has 0 bridgehead atoms. The van der Waals surface area contributed by atoms with Crippen molar-refractivity contribution in [1.82, 2.24) is 9.80 Å². The lowest BCUT2D eigenvalue weighted by atomic mass is 10.0. The number of nitrogens with zero attached hydrogens (tertiary/aromatic N) is 2. The molecule has 3 nitrogen and oxygen atoms in total. The number of hydrogen-bond donors (Lipinski definition) is 1. The third-order valence-corrected chi connectivity index (χ3v) is 4.55. The van der Waals surface area contributed by atoms with E-state index in [1.54, 1.807) is 0 Å². The Morgan fingerprint density at radius 3 is 2.45 bits per heavy atom. The van der Waals surface area contributed by atoms with E-state index in [4.69, 9.17) is 17.3 Å². The van der Waals surface area contributed by atoms with E-state index in [1.165, 1.54) is 5.56 Å². The van der Waals surface area contributed by atoms with Crippen molar-refractivity contribution in [2.24, 2.45) is 5.73 Å². The zero-order valence-corrected chi connectivity index (χ0v) is 14.9. The molecule has 1 aromatic carbocycles. The fourth-order valence-corrected chi connectivity index (χ4v) is 2.77. The van der Waals surface area contributed by atoms with E-state index in [-0.39, 0.29) is 6.04 Å². The molecule has 114 valence electrons. The van der Waals surface area contributed by atoms with Crippen molar-refractivity contribution in [3.63, 3.8) is 0 Å². The van der Waals surface area contributed by atoms with Crippen LogP contribution in [-0.2, 0) is 0 Å². The van der Waals surface area contributed by atoms with E-state index in [9.17, 15) is 0 Å². The lowest BCUT2D eigenvalue weighted by Crippen LogP contribution is -2.38. The minimum absolute atomic E-state index is 0.239. The molecule has 1 atom stereocenters. The number of nitrogens with two attached hydrogens (primary N) is 1. The summed E-state index contributed by atoms with van der Waals surface area (Å²) < 4.78 is 0.930. The van der Waals surface area contributed by atoms with Gasteiger partial charge in [-0.05, 0) is 60.7 Å². The first-order valence-electron chi connectivity index (χ1n) is 7.03. The Labute approximate surface area is 136 Å². The summed E-state index contributed by atoms with van der Waals surface area (Å²) in [7, 11) is 4.20. The average Bonchev–Trinajstić information content (AvgIpc) is 2.40. The molecule has 0 aliphatic carbocycles. The molecule has 0 aliphatic rings. The normalized spacial score (nSPS) is 13.2. The van der Waals surface area contributed by atoms with Crippen molar-refractivity contribution >= 4 is 27.5 Å². The summed E-state index contributed by atoms with van der Waals surface area (Å²) in [4.78, 5) is 4.66. The van der Waals surface area contributed by atoms with Crippen molar-refractivity contribution in [2.75, 3.05) is 40.3 Å². The van der Waals surface area contributed by atoms with Gasteiger partial charge in [-0.25, -0.2) is 0 Å². The summed E-state index contributed by atoms with van der Waals surface area (Å²) in [6, 6.07) is 6.32. The molecular formula is C15H25BrClN3. The monoisotopic (exact) mass is 361 g/mol. The second kappa shape index (κ2) is 9.00. The zero-order chi connectivity index (χ0) is 15.1. The van der Waals surface area contributed by atoms with Crippen molar-refractivity contribution in [3.8, 4) is 0 Å². The van der Waals surface area contributed by atoms with Crippen LogP contribution in [0.25, 0.3) is 0 Å². The molecule has 1 rings (SSSR count). The van der Waals surface area contributed by atoms with E-state index in [0.29, 0.717) is 6.54 Å². The number of likely N-dealkylation sites (N-methyl/N-ethyl adjacent to an activating group) is 1. The van der Waals surface area contributed by atoms with Crippen LogP contribution in [-0.4, -0.2) is 50.1 Å². The molecule has 0 radical (unpaired) electrons. The first-order valence-corrected chi connectivity index (χ1v) is 8.20. The first-order chi connectivity index (χ1) is 9.49. The van der Waals surface area contributed by atoms with Crippen LogP contribution in [0.3, 0.4) is 0 Å². The Morgan fingerprint density at radius 2 is 1.95 bits per heavy atom. The van der Waals surface area contributed by atoms with Gasteiger partial charge in [0.15, 0.2) is 0 Å². The lowest BCUT2D eigenvalue weighted by Gasteiger charge is -2.32. The molecule has 0 fully saturated rings. The fraction of sp³-hybridized carbons (Fsp3) is 0.600. The molecule has 0 aromatic heterocycles. The zero-order valence-electron chi connectivity index (χ0n) is 12.6. The highest BCUT2D eigenvalue weighted by atomic mass is 79.9. The van der Waals surface area contributed by atoms with E-state index >= 15 is 0 Å². The van der Waals surface area contributed by atoms with Gasteiger partial charge in [-0.1, -0.05) is 24.6 Å². The van der Waals surface area contributed by atoms with Gasteiger partial charge in [0.2, 0.25) is 0 Å². The Balaban J connectivity index is 2.90. The molecule has 0 heterocycles. The van der Waals surface area contributed by atoms with Crippen LogP contribution in [0.1, 0.15) is 24.9 Å². The van der Waals surface area contributed by atoms with Crippen molar-refractivity contribution in [3.05, 3.63) is 33.3 Å². The Hall–Kier alpha value is -0.130. The molecule has 1 unspecified atom stereocenters. The summed E-state index contributed by atoms with van der Waals surface area (Å²) in [5.74, 6) is 0. The number of hydrogen-bond acceptors (Lipinski definition) is 3. The summed E-state index contributed by atoms with van der Waals surface area (Å²) in [5, 5.41) is 0.736. The third-order valence-electron chi connectivity index (χ3n) is 3.34. The van der Waals surface area contributed by atoms with Crippen LogP contribution >= 0.6 is 27.5 Å². The summed E-state index contributed by atoms with van der Waals surface area (Å²) in [6.45, 7) is 5.92. The van der Waals surface area contributed by atoms with Crippen LogP contribution in [0.15, 0.2) is 22.7 Å². The van der Waals surface area contributed by atoms with Crippen molar-refractivity contribution < 1.29 is 0 Å². The summed E-state index contributed by atoms with van der Waals surface area (Å²) in [6.07, 6.45) is 1.12. The van der Waals surface area contributed by atoms with Gasteiger partial charge >= 0.3 is 0 Å². The van der Waals surface area contributed by atoms with Gasteiger partial charge in [-0.2, -0.15) is 0 Å². The molecule has 0 aliphatic heterocycles. The maximum atomic E-state index is 6.07. The smallest absolute Gasteiger partial charge is 0.0548 e. The number of benzene rings is 1. The molecular weight excluding hydrogens is 338 g/mol. The predicted octanol–water partition coefficient (Wildman–Crippen LogP) is 3.38. The minimum atomic E-state index is 0.239.